The average molecular weight is 586 g/mol. The number of imidazole rings is 1. The summed E-state index contributed by atoms with van der Waals surface area (Å²) in [6.07, 6.45) is 4.93. The van der Waals surface area contributed by atoms with Gasteiger partial charge in [0.2, 0.25) is 5.95 Å². The number of amides is 1. The maximum atomic E-state index is 14.2. The Labute approximate surface area is 248 Å². The Hall–Kier alpha value is -5.39. The maximum Gasteiger partial charge on any atom is 0.279 e. The van der Waals surface area contributed by atoms with Gasteiger partial charge in [-0.2, -0.15) is 10.0 Å². The van der Waals surface area contributed by atoms with E-state index in [1.165, 1.54) is 12.2 Å². The summed E-state index contributed by atoms with van der Waals surface area (Å²) in [4.78, 5) is 47.6. The molecular weight excluding hydrogens is 554 g/mol. The first kappa shape index (κ1) is 29.1. The molecule has 13 heteroatoms. The summed E-state index contributed by atoms with van der Waals surface area (Å²) < 4.78 is 17.7. The van der Waals surface area contributed by atoms with E-state index in [-0.39, 0.29) is 12.2 Å². The highest BCUT2D eigenvalue weighted by Crippen LogP contribution is 2.29. The number of carbonyl (C=O) groups excluding carboxylic acids is 2. The fourth-order valence-corrected chi connectivity index (χ4v) is 4.63. The van der Waals surface area contributed by atoms with E-state index in [9.17, 15) is 9.59 Å². The molecule has 1 saturated heterocycles. The number of nitrogens with one attached hydrogen (secondary N) is 1. The van der Waals surface area contributed by atoms with Crippen molar-refractivity contribution in [1.82, 2.24) is 29.9 Å². The standard InChI is InChI=1S/C30H31N7O6/c1-20-15-27(34-30(33-20)35-13-11-31-19-35)36-14-12-32-28(24(36)18-38)29(39)37(43-23-8-6-22(40-2)7-9-23)17-21-5-10-25(41-3)26(16-21)42-4/h5-11,13,15-16,19,28,32H,12,14,17H2,1-4H3. The van der Waals surface area contributed by atoms with E-state index in [2.05, 4.69) is 20.3 Å². The highest BCUT2D eigenvalue weighted by atomic mass is 16.7. The van der Waals surface area contributed by atoms with E-state index in [1.54, 1.807) is 90.9 Å². The van der Waals surface area contributed by atoms with E-state index < -0.39 is 11.9 Å². The third-order valence-corrected chi connectivity index (χ3v) is 6.74. The first-order chi connectivity index (χ1) is 20.9. The number of hydrogen-bond donors (Lipinski definition) is 1. The molecule has 13 nitrogen and oxygen atoms in total. The predicted octanol–water partition coefficient (Wildman–Crippen LogP) is 2.51. The summed E-state index contributed by atoms with van der Waals surface area (Å²) in [5.41, 5.74) is 1.46. The Morgan fingerprint density at radius 2 is 1.79 bits per heavy atom. The molecule has 1 fully saturated rings. The van der Waals surface area contributed by atoms with Crippen LogP contribution in [0.2, 0.25) is 0 Å². The van der Waals surface area contributed by atoms with Crippen LogP contribution in [-0.4, -0.2) is 76.9 Å². The summed E-state index contributed by atoms with van der Waals surface area (Å²) in [5, 5.41) is 4.35. The molecule has 43 heavy (non-hydrogen) atoms. The SMILES string of the molecule is COc1ccc(ON(Cc2ccc(OC)c(OC)c2)C(=O)C2NCCN(c3cc(C)nc(-n4ccnc4)n3)C2=C=O)cc1. The summed E-state index contributed by atoms with van der Waals surface area (Å²) in [6.45, 7) is 2.63. The van der Waals surface area contributed by atoms with Crippen LogP contribution in [0, 0.1) is 6.92 Å². The summed E-state index contributed by atoms with van der Waals surface area (Å²) in [6, 6.07) is 12.8. The smallest absolute Gasteiger partial charge is 0.279 e. The number of rotatable bonds is 10. The van der Waals surface area contributed by atoms with Crippen molar-refractivity contribution in [2.24, 2.45) is 0 Å². The van der Waals surface area contributed by atoms with Crippen molar-refractivity contribution in [2.45, 2.75) is 19.5 Å². The molecule has 0 aliphatic carbocycles. The van der Waals surface area contributed by atoms with E-state index in [0.717, 1.165) is 0 Å². The Morgan fingerprint density at radius 1 is 1.02 bits per heavy atom. The van der Waals surface area contributed by atoms with Crippen LogP contribution in [0.4, 0.5) is 5.82 Å². The van der Waals surface area contributed by atoms with Crippen LogP contribution < -0.4 is 29.3 Å². The number of benzene rings is 2. The van der Waals surface area contributed by atoms with Gasteiger partial charge in [-0.3, -0.25) is 14.7 Å². The van der Waals surface area contributed by atoms with Crippen LogP contribution in [0.5, 0.6) is 23.0 Å². The van der Waals surface area contributed by atoms with Gasteiger partial charge >= 0.3 is 0 Å². The van der Waals surface area contributed by atoms with Crippen molar-refractivity contribution in [3.63, 3.8) is 0 Å². The van der Waals surface area contributed by atoms with Gasteiger partial charge in [0.25, 0.3) is 5.91 Å². The molecule has 1 amide bonds. The fraction of sp³-hybridized carbons (Fsp3) is 0.267. The Kier molecular flexibility index (Phi) is 8.85. The topological polar surface area (TPSA) is 133 Å². The third kappa shape index (κ3) is 6.43. The maximum absolute atomic E-state index is 14.2. The number of ether oxygens (including phenoxy) is 3. The average Bonchev–Trinajstić information content (AvgIpc) is 3.59. The van der Waals surface area contributed by atoms with Crippen molar-refractivity contribution in [3.05, 3.63) is 84.2 Å². The number of methoxy groups -OCH3 is 3. The number of nitrogens with zero attached hydrogens (tertiary/aromatic N) is 6. The lowest BCUT2D eigenvalue weighted by Crippen LogP contribution is -2.57. The number of hydroxylamine groups is 2. The number of carbonyl (C=O) groups is 1. The first-order valence-corrected chi connectivity index (χ1v) is 13.4. The highest BCUT2D eigenvalue weighted by molar-refractivity contribution is 5.89. The van der Waals surface area contributed by atoms with Gasteiger partial charge in [0, 0.05) is 37.2 Å². The summed E-state index contributed by atoms with van der Waals surface area (Å²) in [5.74, 6) is 4.40. The largest absolute Gasteiger partial charge is 0.497 e. The Balaban J connectivity index is 1.47. The third-order valence-electron chi connectivity index (χ3n) is 6.74. The molecule has 2 aromatic heterocycles. The lowest BCUT2D eigenvalue weighted by molar-refractivity contribution is -0.161. The van der Waals surface area contributed by atoms with Crippen LogP contribution in [0.3, 0.4) is 0 Å². The minimum Gasteiger partial charge on any atom is -0.497 e. The van der Waals surface area contributed by atoms with Crippen molar-refractivity contribution in [3.8, 4) is 28.9 Å². The van der Waals surface area contributed by atoms with Crippen molar-refractivity contribution < 1.29 is 28.6 Å². The molecular formula is C30H31N7O6. The Bertz CT molecular complexity index is 1620. The molecule has 0 saturated carbocycles. The minimum absolute atomic E-state index is 0.0346. The lowest BCUT2D eigenvalue weighted by Gasteiger charge is -2.36. The number of anilines is 1. The molecule has 3 heterocycles. The first-order valence-electron chi connectivity index (χ1n) is 13.4. The van der Waals surface area contributed by atoms with Gasteiger partial charge in [-0.05, 0) is 48.9 Å². The lowest BCUT2D eigenvalue weighted by atomic mass is 10.1. The van der Waals surface area contributed by atoms with Gasteiger partial charge in [-0.15, -0.1) is 0 Å². The molecule has 0 bridgehead atoms. The minimum atomic E-state index is -1.07. The van der Waals surface area contributed by atoms with Crippen LogP contribution >= 0.6 is 0 Å². The number of aryl methyl sites for hydroxylation is 1. The van der Waals surface area contributed by atoms with Gasteiger partial charge in [0.05, 0.1) is 27.9 Å². The zero-order valence-corrected chi connectivity index (χ0v) is 24.2. The second-order valence-corrected chi connectivity index (χ2v) is 9.49. The molecule has 1 aliphatic heterocycles. The van der Waals surface area contributed by atoms with Crippen LogP contribution in [-0.2, 0) is 16.1 Å². The van der Waals surface area contributed by atoms with Gasteiger partial charge in [-0.1, -0.05) is 6.07 Å². The van der Waals surface area contributed by atoms with Crippen molar-refractivity contribution in [2.75, 3.05) is 39.3 Å². The van der Waals surface area contributed by atoms with Crippen LogP contribution in [0.25, 0.3) is 5.95 Å². The molecule has 4 aromatic rings. The van der Waals surface area contributed by atoms with Gasteiger partial charge in [-0.25, -0.2) is 14.8 Å². The molecule has 0 radical (unpaired) electrons. The second-order valence-electron chi connectivity index (χ2n) is 9.49. The number of piperazine rings is 1. The van der Waals surface area contributed by atoms with E-state index in [4.69, 9.17) is 19.0 Å². The summed E-state index contributed by atoms with van der Waals surface area (Å²) >= 11 is 0. The molecule has 1 aliphatic rings. The molecule has 1 atom stereocenters. The van der Waals surface area contributed by atoms with E-state index >= 15 is 0 Å². The van der Waals surface area contributed by atoms with Crippen LogP contribution in [0.1, 0.15) is 11.3 Å². The molecule has 1 N–H and O–H groups in total. The molecule has 0 spiro atoms. The van der Waals surface area contributed by atoms with Gasteiger partial charge in [0.15, 0.2) is 17.2 Å². The molecule has 1 unspecified atom stereocenters. The number of aromatic nitrogens is 4. The molecule has 2 aromatic carbocycles. The molecule has 222 valence electrons. The monoisotopic (exact) mass is 585 g/mol. The normalized spacial score (nSPS) is 14.6. The van der Waals surface area contributed by atoms with Crippen molar-refractivity contribution >= 4 is 17.7 Å². The highest BCUT2D eigenvalue weighted by Gasteiger charge is 2.37. The van der Waals surface area contributed by atoms with Gasteiger partial charge in [0.1, 0.15) is 35.6 Å². The number of hydrogen-bond acceptors (Lipinski definition) is 11. The second kappa shape index (κ2) is 13.1. The van der Waals surface area contributed by atoms with Crippen LogP contribution in [0.15, 0.2) is 72.9 Å². The van der Waals surface area contributed by atoms with E-state index in [1.807, 2.05) is 12.9 Å². The predicted molar refractivity (Wildman–Crippen MR) is 156 cm³/mol. The fourth-order valence-electron chi connectivity index (χ4n) is 4.63. The van der Waals surface area contributed by atoms with Gasteiger partial charge < -0.3 is 23.9 Å². The van der Waals surface area contributed by atoms with E-state index in [0.29, 0.717) is 59.1 Å². The quantitative estimate of drug-likeness (QED) is 0.217. The summed E-state index contributed by atoms with van der Waals surface area (Å²) in [7, 11) is 4.65. The zero-order chi connectivity index (χ0) is 30.3. The molecule has 5 rings (SSSR count). The van der Waals surface area contributed by atoms with Crippen molar-refractivity contribution in [1.29, 1.82) is 0 Å². The zero-order valence-electron chi connectivity index (χ0n) is 24.2. The Morgan fingerprint density at radius 3 is 2.47 bits per heavy atom.